The zero-order chi connectivity index (χ0) is 12.3. The number of rotatable bonds is 2. The maximum atomic E-state index is 12.8. The van der Waals surface area contributed by atoms with Crippen molar-refractivity contribution < 1.29 is 13.2 Å². The molecule has 5 heteroatoms. The van der Waals surface area contributed by atoms with Crippen LogP contribution in [-0.4, -0.2) is 25.7 Å². The van der Waals surface area contributed by atoms with E-state index in [2.05, 4.69) is 10.6 Å². The van der Waals surface area contributed by atoms with Crippen LogP contribution in [0.4, 0.5) is 13.2 Å². The molecule has 94 valence electrons. The molecular weight excluding hydrogens is 229 g/mol. The van der Waals surface area contributed by atoms with Gasteiger partial charge in [0.15, 0.2) is 0 Å². The van der Waals surface area contributed by atoms with Crippen molar-refractivity contribution in [3.05, 3.63) is 35.4 Å². The first kappa shape index (κ1) is 12.4. The molecular formula is C12H15F3N2. The van der Waals surface area contributed by atoms with Gasteiger partial charge < -0.3 is 10.6 Å². The summed E-state index contributed by atoms with van der Waals surface area (Å²) in [5, 5.41) is 6.39. The number of piperazine rings is 1. The Balaban J connectivity index is 2.14. The lowest BCUT2D eigenvalue weighted by atomic mass is 9.99. The standard InChI is InChI=1S/C12H15F3N2/c13-12(14,15)11-4-2-1-3-9(11)7-10-8-16-5-6-17-10/h1-4,10,16-17H,5-8H2/t10-/m1/s1. The van der Waals surface area contributed by atoms with Crippen LogP contribution in [0.3, 0.4) is 0 Å². The van der Waals surface area contributed by atoms with Crippen molar-refractivity contribution in [1.82, 2.24) is 10.6 Å². The van der Waals surface area contributed by atoms with Gasteiger partial charge in [0.2, 0.25) is 0 Å². The number of alkyl halides is 3. The van der Waals surface area contributed by atoms with Gasteiger partial charge >= 0.3 is 6.18 Å². The molecule has 1 aliphatic heterocycles. The molecule has 17 heavy (non-hydrogen) atoms. The summed E-state index contributed by atoms with van der Waals surface area (Å²) in [6.45, 7) is 2.39. The second-order valence-electron chi connectivity index (χ2n) is 4.21. The van der Waals surface area contributed by atoms with Crippen LogP contribution in [0.25, 0.3) is 0 Å². The maximum Gasteiger partial charge on any atom is 0.416 e. The lowest BCUT2D eigenvalue weighted by Gasteiger charge is -2.25. The van der Waals surface area contributed by atoms with Crippen molar-refractivity contribution in [2.75, 3.05) is 19.6 Å². The number of hydrogen-bond acceptors (Lipinski definition) is 2. The summed E-state index contributed by atoms with van der Waals surface area (Å²) in [6, 6.07) is 5.86. The van der Waals surface area contributed by atoms with E-state index in [1.165, 1.54) is 6.07 Å². The highest BCUT2D eigenvalue weighted by Gasteiger charge is 2.33. The van der Waals surface area contributed by atoms with Crippen molar-refractivity contribution in [3.63, 3.8) is 0 Å². The second kappa shape index (κ2) is 5.06. The van der Waals surface area contributed by atoms with Gasteiger partial charge in [-0.1, -0.05) is 18.2 Å². The molecule has 2 N–H and O–H groups in total. The Hall–Kier alpha value is -1.07. The summed E-state index contributed by atoms with van der Waals surface area (Å²) in [6.07, 6.45) is -3.86. The lowest BCUT2D eigenvalue weighted by molar-refractivity contribution is -0.138. The highest BCUT2D eigenvalue weighted by molar-refractivity contribution is 5.30. The SMILES string of the molecule is FC(F)(F)c1ccccc1C[C@@H]1CNCCN1. The Morgan fingerprint density at radius 2 is 1.94 bits per heavy atom. The third kappa shape index (κ3) is 3.20. The largest absolute Gasteiger partial charge is 0.416 e. The summed E-state index contributed by atoms with van der Waals surface area (Å²) < 4.78 is 38.3. The van der Waals surface area contributed by atoms with Crippen LogP contribution >= 0.6 is 0 Å². The van der Waals surface area contributed by atoms with Crippen molar-refractivity contribution in [2.24, 2.45) is 0 Å². The molecule has 1 aliphatic rings. The third-order valence-corrected chi connectivity index (χ3v) is 2.91. The van der Waals surface area contributed by atoms with Gasteiger partial charge in [0.05, 0.1) is 5.56 Å². The smallest absolute Gasteiger partial charge is 0.314 e. The van der Waals surface area contributed by atoms with Gasteiger partial charge in [-0.2, -0.15) is 13.2 Å². The zero-order valence-corrected chi connectivity index (χ0v) is 9.35. The maximum absolute atomic E-state index is 12.8. The monoisotopic (exact) mass is 244 g/mol. The molecule has 1 atom stereocenters. The molecule has 1 fully saturated rings. The summed E-state index contributed by atoms with van der Waals surface area (Å²) in [5.74, 6) is 0. The molecule has 2 nitrogen and oxygen atoms in total. The molecule has 0 radical (unpaired) electrons. The minimum absolute atomic E-state index is 0.0762. The molecule has 1 saturated heterocycles. The average Bonchev–Trinajstić information content (AvgIpc) is 2.30. The summed E-state index contributed by atoms with van der Waals surface area (Å²) in [4.78, 5) is 0. The fourth-order valence-corrected chi connectivity index (χ4v) is 2.10. The topological polar surface area (TPSA) is 24.1 Å². The highest BCUT2D eigenvalue weighted by Crippen LogP contribution is 2.32. The van der Waals surface area contributed by atoms with Crippen molar-refractivity contribution >= 4 is 0 Å². The quantitative estimate of drug-likeness (QED) is 0.829. The van der Waals surface area contributed by atoms with Gasteiger partial charge in [-0.3, -0.25) is 0 Å². The van der Waals surface area contributed by atoms with E-state index in [0.29, 0.717) is 18.5 Å². The van der Waals surface area contributed by atoms with Crippen LogP contribution in [-0.2, 0) is 12.6 Å². The minimum atomic E-state index is -4.27. The van der Waals surface area contributed by atoms with Gasteiger partial charge in [0, 0.05) is 25.7 Å². The molecule has 0 aliphatic carbocycles. The van der Waals surface area contributed by atoms with Crippen LogP contribution < -0.4 is 10.6 Å². The van der Waals surface area contributed by atoms with Crippen LogP contribution in [0.15, 0.2) is 24.3 Å². The predicted octanol–water partition coefficient (Wildman–Crippen LogP) is 1.81. The second-order valence-corrected chi connectivity index (χ2v) is 4.21. The fourth-order valence-electron chi connectivity index (χ4n) is 2.10. The van der Waals surface area contributed by atoms with E-state index in [4.69, 9.17) is 0 Å². The predicted molar refractivity (Wildman–Crippen MR) is 59.8 cm³/mol. The Morgan fingerprint density at radius 1 is 1.18 bits per heavy atom. The van der Waals surface area contributed by atoms with Crippen molar-refractivity contribution in [3.8, 4) is 0 Å². The van der Waals surface area contributed by atoms with Gasteiger partial charge in [-0.15, -0.1) is 0 Å². The number of benzene rings is 1. The van der Waals surface area contributed by atoms with Crippen molar-refractivity contribution in [2.45, 2.75) is 18.6 Å². The van der Waals surface area contributed by atoms with E-state index in [0.717, 1.165) is 19.2 Å². The lowest BCUT2D eigenvalue weighted by Crippen LogP contribution is -2.49. The first-order valence-corrected chi connectivity index (χ1v) is 5.66. The van der Waals surface area contributed by atoms with E-state index in [1.54, 1.807) is 12.1 Å². The Morgan fingerprint density at radius 3 is 2.59 bits per heavy atom. The van der Waals surface area contributed by atoms with Gasteiger partial charge in [0.25, 0.3) is 0 Å². The van der Waals surface area contributed by atoms with E-state index in [9.17, 15) is 13.2 Å². The van der Waals surface area contributed by atoms with Crippen LogP contribution in [0, 0.1) is 0 Å². The summed E-state index contributed by atoms with van der Waals surface area (Å²) >= 11 is 0. The molecule has 0 bridgehead atoms. The fraction of sp³-hybridized carbons (Fsp3) is 0.500. The van der Waals surface area contributed by atoms with Crippen LogP contribution in [0.5, 0.6) is 0 Å². The summed E-state index contributed by atoms with van der Waals surface area (Å²) in [5.41, 5.74) is -0.159. The number of halogens is 3. The van der Waals surface area contributed by atoms with Crippen molar-refractivity contribution in [1.29, 1.82) is 0 Å². The van der Waals surface area contributed by atoms with E-state index < -0.39 is 11.7 Å². The average molecular weight is 244 g/mol. The van der Waals surface area contributed by atoms with Gasteiger partial charge in [-0.25, -0.2) is 0 Å². The molecule has 0 spiro atoms. The molecule has 0 unspecified atom stereocenters. The Labute approximate surface area is 98.2 Å². The summed E-state index contributed by atoms with van der Waals surface area (Å²) in [7, 11) is 0. The molecule has 0 aromatic heterocycles. The first-order valence-electron chi connectivity index (χ1n) is 5.66. The molecule has 0 saturated carbocycles. The normalized spacial score (nSPS) is 21.5. The number of nitrogens with one attached hydrogen (secondary N) is 2. The first-order chi connectivity index (χ1) is 8.07. The van der Waals surface area contributed by atoms with Gasteiger partial charge in [-0.05, 0) is 18.1 Å². The minimum Gasteiger partial charge on any atom is -0.314 e. The number of hydrogen-bond donors (Lipinski definition) is 2. The molecule has 1 aromatic carbocycles. The molecule has 1 aromatic rings. The van der Waals surface area contributed by atoms with E-state index >= 15 is 0 Å². The molecule has 2 rings (SSSR count). The van der Waals surface area contributed by atoms with E-state index in [1.807, 2.05) is 0 Å². The van der Waals surface area contributed by atoms with Crippen LogP contribution in [0.1, 0.15) is 11.1 Å². The van der Waals surface area contributed by atoms with Gasteiger partial charge in [0.1, 0.15) is 0 Å². The molecule has 1 heterocycles. The van der Waals surface area contributed by atoms with Crippen LogP contribution in [0.2, 0.25) is 0 Å². The Bertz CT molecular complexity index is 370. The third-order valence-electron chi connectivity index (χ3n) is 2.91. The highest BCUT2D eigenvalue weighted by atomic mass is 19.4. The molecule has 0 amide bonds. The zero-order valence-electron chi connectivity index (χ0n) is 9.35. The Kier molecular flexibility index (Phi) is 3.69. The van der Waals surface area contributed by atoms with E-state index in [-0.39, 0.29) is 6.04 Å².